The summed E-state index contributed by atoms with van der Waals surface area (Å²) in [7, 11) is 1.68. The Hall–Kier alpha value is -3.32. The summed E-state index contributed by atoms with van der Waals surface area (Å²) in [5.41, 5.74) is -3.55. The number of amides is 4. The highest BCUT2D eigenvalue weighted by molar-refractivity contribution is 9.10. The Morgan fingerprint density at radius 2 is 1.73 bits per heavy atom. The predicted molar refractivity (Wildman–Crippen MR) is 137 cm³/mol. The Balaban J connectivity index is 1.49. The number of nitrogens with zero attached hydrogens (tertiary/aromatic N) is 3. The number of rotatable bonds is 5. The fourth-order valence-corrected chi connectivity index (χ4v) is 6.15. The largest absolute Gasteiger partial charge is 0.411 e. The van der Waals surface area contributed by atoms with Crippen molar-refractivity contribution in [3.8, 4) is 0 Å². The molecule has 2 fully saturated rings. The van der Waals surface area contributed by atoms with E-state index in [4.69, 9.17) is 0 Å². The van der Waals surface area contributed by atoms with Gasteiger partial charge in [0.05, 0.1) is 0 Å². The molecule has 212 valence electrons. The molecule has 1 N–H and O–H groups in total. The van der Waals surface area contributed by atoms with Crippen molar-refractivity contribution in [3.05, 3.63) is 69.4 Å². The topological polar surface area (TPSA) is 90.0 Å². The number of urea groups is 1. The first kappa shape index (κ1) is 28.2. The van der Waals surface area contributed by atoms with Gasteiger partial charge in [0.25, 0.3) is 5.91 Å². The number of likely N-dealkylation sites (tertiary alicyclic amines) is 1. The lowest BCUT2D eigenvalue weighted by molar-refractivity contribution is -0.245. The third-order valence-electron chi connectivity index (χ3n) is 8.05. The molecule has 1 aliphatic carbocycles. The van der Waals surface area contributed by atoms with Crippen molar-refractivity contribution in [2.24, 2.45) is 0 Å². The lowest BCUT2D eigenvalue weighted by Crippen LogP contribution is -2.65. The summed E-state index contributed by atoms with van der Waals surface area (Å²) < 4.78 is 58.4. The maximum Gasteiger partial charge on any atom is 0.411 e. The first-order chi connectivity index (χ1) is 18.8. The quantitative estimate of drug-likeness (QED) is 0.402. The molecule has 2 saturated heterocycles. The number of Topliss-reactive ketones (excluding diaryl/α,β-unsaturated/α-hetero) is 1. The molecule has 3 aliphatic rings. The van der Waals surface area contributed by atoms with E-state index in [1.165, 1.54) is 24.3 Å². The Morgan fingerprint density at radius 3 is 2.35 bits per heavy atom. The van der Waals surface area contributed by atoms with E-state index in [0.717, 1.165) is 12.1 Å². The number of imide groups is 1. The lowest BCUT2D eigenvalue weighted by Gasteiger charge is -2.49. The molecule has 0 unspecified atom stereocenters. The van der Waals surface area contributed by atoms with Crippen LogP contribution in [0.3, 0.4) is 0 Å². The highest BCUT2D eigenvalue weighted by Crippen LogP contribution is 2.45. The van der Waals surface area contributed by atoms with Crippen LogP contribution in [0, 0.1) is 5.82 Å². The molecule has 1 spiro atoms. The molecule has 13 heteroatoms. The van der Waals surface area contributed by atoms with Crippen LogP contribution < -0.4 is 5.32 Å². The van der Waals surface area contributed by atoms with Crippen LogP contribution in [0.2, 0.25) is 0 Å². The van der Waals surface area contributed by atoms with E-state index in [0.29, 0.717) is 14.3 Å². The van der Waals surface area contributed by atoms with Crippen molar-refractivity contribution in [2.75, 3.05) is 26.7 Å². The van der Waals surface area contributed by atoms with Gasteiger partial charge in [0.1, 0.15) is 17.9 Å². The second-order valence-corrected chi connectivity index (χ2v) is 11.4. The van der Waals surface area contributed by atoms with E-state index in [2.05, 4.69) is 21.2 Å². The van der Waals surface area contributed by atoms with Crippen molar-refractivity contribution in [1.82, 2.24) is 20.0 Å². The zero-order chi connectivity index (χ0) is 29.0. The van der Waals surface area contributed by atoms with Crippen LogP contribution in [-0.2, 0) is 21.7 Å². The van der Waals surface area contributed by atoms with Crippen molar-refractivity contribution >= 4 is 39.6 Å². The van der Waals surface area contributed by atoms with E-state index in [-0.39, 0.29) is 36.2 Å². The fourth-order valence-electron chi connectivity index (χ4n) is 5.79. The van der Waals surface area contributed by atoms with Gasteiger partial charge in [-0.25, -0.2) is 9.18 Å². The second kappa shape index (κ2) is 9.95. The van der Waals surface area contributed by atoms with Gasteiger partial charge in [-0.15, -0.1) is 0 Å². The van der Waals surface area contributed by atoms with Crippen LogP contribution in [-0.4, -0.2) is 76.7 Å². The van der Waals surface area contributed by atoms with Crippen molar-refractivity contribution in [1.29, 1.82) is 0 Å². The zero-order valence-electron chi connectivity index (χ0n) is 21.4. The minimum atomic E-state index is -4.83. The Labute approximate surface area is 235 Å². The maximum atomic E-state index is 14.8. The summed E-state index contributed by atoms with van der Waals surface area (Å²) in [4.78, 5) is 56.0. The molecule has 0 bridgehead atoms. The number of carbonyl (C=O) groups excluding carboxylic acids is 4. The van der Waals surface area contributed by atoms with Crippen LogP contribution in [0.4, 0.5) is 22.4 Å². The van der Waals surface area contributed by atoms with E-state index >= 15 is 0 Å². The van der Waals surface area contributed by atoms with Gasteiger partial charge in [0.15, 0.2) is 11.3 Å². The number of hydrogen-bond donors (Lipinski definition) is 1. The number of benzene rings is 2. The molecule has 40 heavy (non-hydrogen) atoms. The Bertz CT molecular complexity index is 1390. The maximum absolute atomic E-state index is 14.8. The first-order valence-electron chi connectivity index (χ1n) is 12.5. The van der Waals surface area contributed by atoms with Crippen LogP contribution in [0.1, 0.15) is 40.7 Å². The van der Waals surface area contributed by atoms with E-state index in [9.17, 15) is 36.7 Å². The standard InChI is InChI=1S/C27H25BrF4N4O4/c1-34-10-8-25(9-11-34,27(30,31)32)36(14-16-2-5-18(29)6-3-16)22(38)15-35-23(39)26(33-24(35)40)13-21(37)19-12-17(28)4-7-20(19)26/h2-7,12H,8-11,13-15H2,1H3,(H,33,40)/t26-/m0/s1. The van der Waals surface area contributed by atoms with Crippen molar-refractivity contribution < 1.29 is 36.7 Å². The van der Waals surface area contributed by atoms with Gasteiger partial charge in [-0.1, -0.05) is 34.1 Å². The van der Waals surface area contributed by atoms with Crippen molar-refractivity contribution in [2.45, 2.75) is 43.1 Å². The zero-order valence-corrected chi connectivity index (χ0v) is 22.9. The molecule has 2 aliphatic heterocycles. The normalized spacial score (nSPS) is 22.6. The van der Waals surface area contributed by atoms with Crippen molar-refractivity contribution in [3.63, 3.8) is 0 Å². The van der Waals surface area contributed by atoms with Gasteiger partial charge in [-0.05, 0) is 55.3 Å². The van der Waals surface area contributed by atoms with E-state index in [1.54, 1.807) is 18.0 Å². The van der Waals surface area contributed by atoms with Crippen LogP contribution >= 0.6 is 15.9 Å². The molecule has 2 aromatic carbocycles. The monoisotopic (exact) mass is 624 g/mol. The van der Waals surface area contributed by atoms with E-state index in [1.807, 2.05) is 0 Å². The summed E-state index contributed by atoms with van der Waals surface area (Å²) in [6, 6.07) is 8.41. The summed E-state index contributed by atoms with van der Waals surface area (Å²) >= 11 is 3.27. The molecule has 0 aromatic heterocycles. The average molecular weight is 625 g/mol. The third-order valence-corrected chi connectivity index (χ3v) is 8.54. The van der Waals surface area contributed by atoms with Crippen LogP contribution in [0.25, 0.3) is 0 Å². The molecule has 8 nitrogen and oxygen atoms in total. The number of ketones is 1. The summed E-state index contributed by atoms with van der Waals surface area (Å²) in [5.74, 6) is -2.95. The Morgan fingerprint density at radius 1 is 1.07 bits per heavy atom. The minimum absolute atomic E-state index is 0.0629. The molecule has 0 saturated carbocycles. The first-order valence-corrected chi connectivity index (χ1v) is 13.3. The number of carbonyl (C=O) groups is 4. The predicted octanol–water partition coefficient (Wildman–Crippen LogP) is 3.98. The van der Waals surface area contributed by atoms with Gasteiger partial charge in [-0.3, -0.25) is 19.3 Å². The average Bonchev–Trinajstić information content (AvgIpc) is 3.30. The molecule has 0 radical (unpaired) electrons. The Kier molecular flexibility index (Phi) is 7.02. The number of fused-ring (bicyclic) bond motifs is 2. The van der Waals surface area contributed by atoms with Gasteiger partial charge in [-0.2, -0.15) is 13.2 Å². The summed E-state index contributed by atoms with van der Waals surface area (Å²) in [6.45, 7) is -1.34. The third kappa shape index (κ3) is 4.58. The number of nitrogens with one attached hydrogen (secondary N) is 1. The highest BCUT2D eigenvalue weighted by atomic mass is 79.9. The fraction of sp³-hybridized carbons (Fsp3) is 0.407. The summed E-state index contributed by atoms with van der Waals surface area (Å²) in [6.07, 6.45) is -6.03. The minimum Gasteiger partial charge on any atom is -0.322 e. The molecule has 2 aromatic rings. The van der Waals surface area contributed by atoms with Gasteiger partial charge in [0, 0.05) is 36.1 Å². The number of piperidine rings is 1. The molecule has 2 heterocycles. The van der Waals surface area contributed by atoms with Crippen LogP contribution in [0.5, 0.6) is 0 Å². The summed E-state index contributed by atoms with van der Waals surface area (Å²) in [5, 5.41) is 2.52. The van der Waals surface area contributed by atoms with E-state index < -0.39 is 72.6 Å². The van der Waals surface area contributed by atoms with Gasteiger partial charge < -0.3 is 15.1 Å². The molecule has 5 rings (SSSR count). The van der Waals surface area contributed by atoms with Crippen LogP contribution in [0.15, 0.2) is 46.9 Å². The van der Waals surface area contributed by atoms with Gasteiger partial charge in [0.2, 0.25) is 5.91 Å². The molecule has 1 atom stereocenters. The second-order valence-electron chi connectivity index (χ2n) is 10.5. The number of alkyl halides is 3. The highest BCUT2D eigenvalue weighted by Gasteiger charge is 2.62. The van der Waals surface area contributed by atoms with Gasteiger partial charge >= 0.3 is 12.2 Å². The SMILES string of the molecule is CN1CCC(N(Cc2ccc(F)cc2)C(=O)CN2C(=O)N[C@]3(CC(=O)c4cc(Br)ccc43)C2=O)(C(F)(F)F)CC1. The smallest absolute Gasteiger partial charge is 0.322 e. The molecule has 4 amide bonds. The molecular weight excluding hydrogens is 600 g/mol. The molecular formula is C27H25BrF4N4O4. The number of hydrogen-bond acceptors (Lipinski definition) is 5. The number of halogens is 5. The lowest BCUT2D eigenvalue weighted by atomic mass is 9.84.